The minimum absolute atomic E-state index is 0.249. The van der Waals surface area contributed by atoms with Gasteiger partial charge in [-0.3, -0.25) is 0 Å². The molecular formula is C18H17FO3. The zero-order valence-corrected chi connectivity index (χ0v) is 12.8. The van der Waals surface area contributed by atoms with Crippen molar-refractivity contribution < 1.29 is 18.6 Å². The van der Waals surface area contributed by atoms with Crippen molar-refractivity contribution in [3.05, 3.63) is 53.3 Å². The lowest BCUT2D eigenvalue weighted by atomic mass is 9.93. The first-order valence-electron chi connectivity index (χ1n) is 6.99. The summed E-state index contributed by atoms with van der Waals surface area (Å²) in [5.74, 6) is 1.88. The quantitative estimate of drug-likeness (QED) is 0.851. The van der Waals surface area contributed by atoms with Crippen LogP contribution in [-0.4, -0.2) is 20.8 Å². The molecule has 0 amide bonds. The topological polar surface area (TPSA) is 27.7 Å². The molecule has 0 unspecified atom stereocenters. The standard InChI is InChI=1S/C18H17FO3/c1-11-15(12-4-6-13(19)7-5-12)10-22-17-9-14(20-2)8-16(21-3)18(11)17/h4-9H,10H2,1-3H3. The molecule has 2 aromatic carbocycles. The molecule has 22 heavy (non-hydrogen) atoms. The molecule has 1 heterocycles. The van der Waals surface area contributed by atoms with Crippen LogP contribution >= 0.6 is 0 Å². The van der Waals surface area contributed by atoms with Gasteiger partial charge in [-0.25, -0.2) is 4.39 Å². The van der Waals surface area contributed by atoms with Gasteiger partial charge in [-0.05, 0) is 30.2 Å². The molecule has 0 radical (unpaired) electrons. The van der Waals surface area contributed by atoms with Gasteiger partial charge in [-0.2, -0.15) is 0 Å². The second kappa shape index (κ2) is 5.72. The van der Waals surface area contributed by atoms with Gasteiger partial charge in [0.05, 0.1) is 19.8 Å². The van der Waals surface area contributed by atoms with Crippen LogP contribution in [0.2, 0.25) is 0 Å². The van der Waals surface area contributed by atoms with Crippen LogP contribution < -0.4 is 14.2 Å². The zero-order valence-electron chi connectivity index (χ0n) is 12.8. The summed E-state index contributed by atoms with van der Waals surface area (Å²) in [4.78, 5) is 0. The molecule has 0 N–H and O–H groups in total. The van der Waals surface area contributed by atoms with Crippen molar-refractivity contribution in [2.45, 2.75) is 6.92 Å². The summed E-state index contributed by atoms with van der Waals surface area (Å²) >= 11 is 0. The molecular weight excluding hydrogens is 283 g/mol. The first-order valence-corrected chi connectivity index (χ1v) is 6.99. The number of hydrogen-bond acceptors (Lipinski definition) is 3. The minimum atomic E-state index is -0.249. The van der Waals surface area contributed by atoms with Crippen LogP contribution in [0, 0.1) is 5.82 Å². The van der Waals surface area contributed by atoms with Crippen LogP contribution in [0.3, 0.4) is 0 Å². The van der Waals surface area contributed by atoms with E-state index in [-0.39, 0.29) is 5.82 Å². The van der Waals surface area contributed by atoms with Crippen molar-refractivity contribution in [2.75, 3.05) is 20.8 Å². The fourth-order valence-corrected chi connectivity index (χ4v) is 2.69. The number of methoxy groups -OCH3 is 2. The molecule has 0 bridgehead atoms. The van der Waals surface area contributed by atoms with Crippen LogP contribution in [0.5, 0.6) is 17.2 Å². The lowest BCUT2D eigenvalue weighted by Crippen LogP contribution is -2.11. The number of rotatable bonds is 3. The summed E-state index contributed by atoms with van der Waals surface area (Å²) in [6, 6.07) is 10.1. The predicted octanol–water partition coefficient (Wildman–Crippen LogP) is 4.17. The Morgan fingerprint density at radius 3 is 2.41 bits per heavy atom. The van der Waals surface area contributed by atoms with Gasteiger partial charge in [0.2, 0.25) is 0 Å². The van der Waals surface area contributed by atoms with E-state index in [4.69, 9.17) is 14.2 Å². The van der Waals surface area contributed by atoms with E-state index in [0.29, 0.717) is 18.1 Å². The third kappa shape index (κ3) is 2.41. The maximum atomic E-state index is 13.1. The van der Waals surface area contributed by atoms with E-state index in [1.165, 1.54) is 12.1 Å². The van der Waals surface area contributed by atoms with Crippen molar-refractivity contribution in [3.63, 3.8) is 0 Å². The Bertz CT molecular complexity index is 733. The maximum absolute atomic E-state index is 13.1. The van der Waals surface area contributed by atoms with Gasteiger partial charge in [0.15, 0.2) is 0 Å². The summed E-state index contributed by atoms with van der Waals surface area (Å²) in [5, 5.41) is 0. The average molecular weight is 300 g/mol. The number of halogens is 1. The van der Waals surface area contributed by atoms with Crippen molar-refractivity contribution in [2.24, 2.45) is 0 Å². The van der Waals surface area contributed by atoms with Crippen molar-refractivity contribution in [3.8, 4) is 17.2 Å². The molecule has 0 atom stereocenters. The highest BCUT2D eigenvalue weighted by Crippen LogP contribution is 2.44. The fourth-order valence-electron chi connectivity index (χ4n) is 2.69. The van der Waals surface area contributed by atoms with Crippen molar-refractivity contribution in [1.29, 1.82) is 0 Å². The van der Waals surface area contributed by atoms with Gasteiger partial charge in [0, 0.05) is 17.7 Å². The molecule has 3 rings (SSSR count). The van der Waals surface area contributed by atoms with Crippen LogP contribution in [0.25, 0.3) is 11.1 Å². The van der Waals surface area contributed by atoms with E-state index in [9.17, 15) is 4.39 Å². The Morgan fingerprint density at radius 1 is 1.05 bits per heavy atom. The number of benzene rings is 2. The van der Waals surface area contributed by atoms with E-state index in [0.717, 1.165) is 28.0 Å². The second-order valence-corrected chi connectivity index (χ2v) is 5.10. The molecule has 0 saturated carbocycles. The number of allylic oxidation sites excluding steroid dienone is 1. The minimum Gasteiger partial charge on any atom is -0.496 e. The Morgan fingerprint density at radius 2 is 1.77 bits per heavy atom. The van der Waals surface area contributed by atoms with Gasteiger partial charge in [0.25, 0.3) is 0 Å². The monoisotopic (exact) mass is 300 g/mol. The number of fused-ring (bicyclic) bond motifs is 1. The molecule has 1 aliphatic heterocycles. The molecule has 3 nitrogen and oxygen atoms in total. The van der Waals surface area contributed by atoms with Gasteiger partial charge in [-0.1, -0.05) is 12.1 Å². The first-order chi connectivity index (χ1) is 10.6. The van der Waals surface area contributed by atoms with E-state index >= 15 is 0 Å². The molecule has 114 valence electrons. The first kappa shape index (κ1) is 14.4. The SMILES string of the molecule is COc1cc(OC)c2c(c1)OCC(c1ccc(F)cc1)=C2C. The number of ether oxygens (including phenoxy) is 3. The Hall–Kier alpha value is -2.49. The summed E-state index contributed by atoms with van der Waals surface area (Å²) in [6.07, 6.45) is 0. The Kier molecular flexibility index (Phi) is 3.75. The molecule has 0 saturated heterocycles. The van der Waals surface area contributed by atoms with E-state index in [1.54, 1.807) is 26.4 Å². The van der Waals surface area contributed by atoms with Crippen LogP contribution in [0.4, 0.5) is 4.39 Å². The maximum Gasteiger partial charge on any atom is 0.134 e. The number of hydrogen-bond donors (Lipinski definition) is 0. The molecule has 4 heteroatoms. The molecule has 2 aromatic rings. The van der Waals surface area contributed by atoms with Crippen LogP contribution in [0.15, 0.2) is 36.4 Å². The highest BCUT2D eigenvalue weighted by molar-refractivity contribution is 5.95. The zero-order chi connectivity index (χ0) is 15.7. The summed E-state index contributed by atoms with van der Waals surface area (Å²) in [5.41, 5.74) is 3.94. The average Bonchev–Trinajstić information content (AvgIpc) is 2.55. The van der Waals surface area contributed by atoms with E-state index < -0.39 is 0 Å². The lowest BCUT2D eigenvalue weighted by Gasteiger charge is -2.25. The van der Waals surface area contributed by atoms with Crippen molar-refractivity contribution >= 4 is 11.1 Å². The molecule has 0 aliphatic carbocycles. The van der Waals surface area contributed by atoms with Gasteiger partial charge < -0.3 is 14.2 Å². The second-order valence-electron chi connectivity index (χ2n) is 5.10. The smallest absolute Gasteiger partial charge is 0.134 e. The van der Waals surface area contributed by atoms with Crippen molar-refractivity contribution in [1.82, 2.24) is 0 Å². The highest BCUT2D eigenvalue weighted by Gasteiger charge is 2.23. The summed E-state index contributed by atoms with van der Waals surface area (Å²) in [6.45, 7) is 2.45. The Balaban J connectivity index is 2.15. The molecule has 1 aliphatic rings. The van der Waals surface area contributed by atoms with Crippen LogP contribution in [-0.2, 0) is 0 Å². The molecule has 0 spiro atoms. The lowest BCUT2D eigenvalue weighted by molar-refractivity contribution is 0.347. The van der Waals surface area contributed by atoms with E-state index in [2.05, 4.69) is 0 Å². The van der Waals surface area contributed by atoms with Gasteiger partial charge in [-0.15, -0.1) is 0 Å². The largest absolute Gasteiger partial charge is 0.496 e. The van der Waals surface area contributed by atoms with Crippen LogP contribution in [0.1, 0.15) is 18.1 Å². The van der Waals surface area contributed by atoms with E-state index in [1.807, 2.05) is 19.1 Å². The summed E-state index contributed by atoms with van der Waals surface area (Å²) in [7, 11) is 3.23. The molecule has 0 fully saturated rings. The molecule has 0 aromatic heterocycles. The normalized spacial score (nSPS) is 13.5. The van der Waals surface area contributed by atoms with Gasteiger partial charge >= 0.3 is 0 Å². The highest BCUT2D eigenvalue weighted by atomic mass is 19.1. The third-order valence-electron chi connectivity index (χ3n) is 3.89. The fraction of sp³-hybridized carbons (Fsp3) is 0.222. The Labute approximate surface area is 128 Å². The van der Waals surface area contributed by atoms with Gasteiger partial charge in [0.1, 0.15) is 29.7 Å². The third-order valence-corrected chi connectivity index (χ3v) is 3.89. The predicted molar refractivity (Wildman–Crippen MR) is 83.9 cm³/mol. The summed E-state index contributed by atoms with van der Waals surface area (Å²) < 4.78 is 29.7.